The molecule has 0 aliphatic heterocycles. The molecule has 0 aliphatic rings. The number of para-hydroxylation sites is 2. The van der Waals surface area contributed by atoms with Crippen molar-refractivity contribution in [3.63, 3.8) is 0 Å². The number of benzene rings is 1. The molecule has 1 rings (SSSR count). The average Bonchev–Trinajstić information content (AvgIpc) is 2.20. The number of anilines is 2. The lowest BCUT2D eigenvalue weighted by atomic mass is 10.2. The van der Waals surface area contributed by atoms with Gasteiger partial charge in [-0.25, -0.2) is 0 Å². The molecule has 0 heterocycles. The molecule has 0 saturated heterocycles. The van der Waals surface area contributed by atoms with Crippen LogP contribution in [0.2, 0.25) is 0 Å². The summed E-state index contributed by atoms with van der Waals surface area (Å²) in [6, 6.07) is 7.25. The molecule has 0 atom stereocenters. The Morgan fingerprint density at radius 1 is 0.857 bits per heavy atom. The van der Waals surface area contributed by atoms with Crippen LogP contribution in [0.5, 0.6) is 0 Å². The molecule has 0 bridgehead atoms. The lowest BCUT2D eigenvalue weighted by Gasteiger charge is -1.94. The molecule has 1 aromatic rings. The Hall–Kier alpha value is -1.18. The molecule has 0 saturated carbocycles. The van der Waals surface area contributed by atoms with E-state index in [4.69, 9.17) is 11.5 Å². The van der Waals surface area contributed by atoms with Gasteiger partial charge >= 0.3 is 0 Å². The normalized spacial score (nSPS) is 9.00. The third-order valence-electron chi connectivity index (χ3n) is 1.95. The van der Waals surface area contributed by atoms with Crippen molar-refractivity contribution in [1.29, 1.82) is 0 Å². The summed E-state index contributed by atoms with van der Waals surface area (Å²) in [6.45, 7) is 4.46. The van der Waals surface area contributed by atoms with Gasteiger partial charge in [-0.3, -0.25) is 0 Å². The second-order valence-electron chi connectivity index (χ2n) is 3.34. The average molecular weight is 194 g/mol. The quantitative estimate of drug-likeness (QED) is 0.572. The van der Waals surface area contributed by atoms with Gasteiger partial charge in [-0.05, 0) is 12.1 Å². The highest BCUT2D eigenvalue weighted by Crippen LogP contribution is 2.10. The summed E-state index contributed by atoms with van der Waals surface area (Å²) >= 11 is 0. The van der Waals surface area contributed by atoms with E-state index in [2.05, 4.69) is 13.8 Å². The van der Waals surface area contributed by atoms with E-state index in [1.807, 2.05) is 12.1 Å². The zero-order valence-electron chi connectivity index (χ0n) is 9.29. The molecule has 0 aliphatic carbocycles. The Morgan fingerprint density at radius 3 is 1.43 bits per heavy atom. The van der Waals surface area contributed by atoms with Crippen LogP contribution >= 0.6 is 0 Å². The van der Waals surface area contributed by atoms with Gasteiger partial charge < -0.3 is 11.5 Å². The van der Waals surface area contributed by atoms with E-state index in [0.717, 1.165) is 0 Å². The minimum absolute atomic E-state index is 0.646. The lowest BCUT2D eigenvalue weighted by Crippen LogP contribution is -1.91. The Bertz CT molecular complexity index is 209. The van der Waals surface area contributed by atoms with Crippen molar-refractivity contribution in [2.24, 2.45) is 0 Å². The second kappa shape index (κ2) is 8.42. The summed E-state index contributed by atoms with van der Waals surface area (Å²) in [6.07, 6.45) is 5.54. The van der Waals surface area contributed by atoms with Crippen LogP contribution < -0.4 is 11.5 Å². The first kappa shape index (κ1) is 12.8. The van der Waals surface area contributed by atoms with Gasteiger partial charge in [0.25, 0.3) is 0 Å². The molecule has 14 heavy (non-hydrogen) atoms. The molecule has 0 spiro atoms. The van der Waals surface area contributed by atoms with Gasteiger partial charge in [-0.2, -0.15) is 0 Å². The monoisotopic (exact) mass is 194 g/mol. The highest BCUT2D eigenvalue weighted by Gasteiger charge is 1.85. The fraction of sp³-hybridized carbons (Fsp3) is 0.500. The van der Waals surface area contributed by atoms with Crippen LogP contribution in [-0.2, 0) is 0 Å². The van der Waals surface area contributed by atoms with Gasteiger partial charge in [0.1, 0.15) is 0 Å². The number of unbranched alkanes of at least 4 members (excludes halogenated alkanes) is 3. The number of nitrogen functional groups attached to an aromatic ring is 2. The maximum Gasteiger partial charge on any atom is 0.0547 e. The predicted molar refractivity (Wildman–Crippen MR) is 65.1 cm³/mol. The molecule has 2 heteroatoms. The zero-order valence-corrected chi connectivity index (χ0v) is 9.29. The van der Waals surface area contributed by atoms with E-state index in [-0.39, 0.29) is 0 Å². The third kappa shape index (κ3) is 6.35. The fourth-order valence-corrected chi connectivity index (χ4v) is 1.01. The second-order valence-corrected chi connectivity index (χ2v) is 3.34. The van der Waals surface area contributed by atoms with E-state index in [1.54, 1.807) is 12.1 Å². The third-order valence-corrected chi connectivity index (χ3v) is 1.95. The standard InChI is InChI=1S/C6H8N2.C6H14/c7-5-3-1-2-4-6(5)8;1-3-5-6-4-2/h1-4H,7-8H2;3-6H2,1-2H3. The largest absolute Gasteiger partial charge is 0.397 e. The number of hydrogen-bond donors (Lipinski definition) is 2. The number of hydrogen-bond acceptors (Lipinski definition) is 2. The van der Waals surface area contributed by atoms with E-state index in [9.17, 15) is 0 Å². The van der Waals surface area contributed by atoms with Crippen LogP contribution in [0.1, 0.15) is 39.5 Å². The van der Waals surface area contributed by atoms with Gasteiger partial charge in [0, 0.05) is 0 Å². The molecule has 0 unspecified atom stereocenters. The highest BCUT2D eigenvalue weighted by atomic mass is 14.7. The van der Waals surface area contributed by atoms with Crippen molar-refractivity contribution in [1.82, 2.24) is 0 Å². The summed E-state index contributed by atoms with van der Waals surface area (Å²) < 4.78 is 0. The molecule has 0 amide bonds. The van der Waals surface area contributed by atoms with Crippen molar-refractivity contribution in [2.75, 3.05) is 11.5 Å². The first-order chi connectivity index (χ1) is 6.72. The maximum absolute atomic E-state index is 5.39. The van der Waals surface area contributed by atoms with E-state index in [0.29, 0.717) is 11.4 Å². The van der Waals surface area contributed by atoms with Gasteiger partial charge in [0.2, 0.25) is 0 Å². The summed E-state index contributed by atoms with van der Waals surface area (Å²) in [5.74, 6) is 0. The summed E-state index contributed by atoms with van der Waals surface area (Å²) in [7, 11) is 0. The van der Waals surface area contributed by atoms with Gasteiger partial charge in [0.05, 0.1) is 11.4 Å². The van der Waals surface area contributed by atoms with E-state index < -0.39 is 0 Å². The van der Waals surface area contributed by atoms with Crippen molar-refractivity contribution < 1.29 is 0 Å². The van der Waals surface area contributed by atoms with Crippen molar-refractivity contribution in [3.05, 3.63) is 24.3 Å². The SMILES string of the molecule is CCCCCC.Nc1ccccc1N. The topological polar surface area (TPSA) is 52.0 Å². The Morgan fingerprint density at radius 2 is 1.21 bits per heavy atom. The molecule has 2 nitrogen and oxygen atoms in total. The molecule has 4 N–H and O–H groups in total. The van der Waals surface area contributed by atoms with E-state index >= 15 is 0 Å². The molecular formula is C12H22N2. The van der Waals surface area contributed by atoms with Crippen LogP contribution in [0.4, 0.5) is 11.4 Å². The smallest absolute Gasteiger partial charge is 0.0547 e. The first-order valence-electron chi connectivity index (χ1n) is 5.32. The molecule has 0 radical (unpaired) electrons. The van der Waals surface area contributed by atoms with Crippen molar-refractivity contribution in [3.8, 4) is 0 Å². The van der Waals surface area contributed by atoms with Crippen molar-refractivity contribution >= 4 is 11.4 Å². The minimum Gasteiger partial charge on any atom is -0.397 e. The van der Waals surface area contributed by atoms with Gasteiger partial charge in [-0.1, -0.05) is 51.7 Å². The van der Waals surface area contributed by atoms with Crippen LogP contribution in [0.15, 0.2) is 24.3 Å². The molecule has 0 fully saturated rings. The Balaban J connectivity index is 0.000000255. The van der Waals surface area contributed by atoms with Crippen LogP contribution in [0, 0.1) is 0 Å². The summed E-state index contributed by atoms with van der Waals surface area (Å²) in [5, 5.41) is 0. The van der Waals surface area contributed by atoms with E-state index in [1.165, 1.54) is 25.7 Å². The van der Waals surface area contributed by atoms with Crippen LogP contribution in [0.25, 0.3) is 0 Å². The zero-order chi connectivity index (χ0) is 10.8. The first-order valence-corrected chi connectivity index (χ1v) is 5.32. The Labute approximate surface area is 87.3 Å². The van der Waals surface area contributed by atoms with Gasteiger partial charge in [0.15, 0.2) is 0 Å². The Kier molecular flexibility index (Phi) is 7.71. The summed E-state index contributed by atoms with van der Waals surface area (Å²) in [5.41, 5.74) is 12.1. The van der Waals surface area contributed by atoms with Crippen molar-refractivity contribution in [2.45, 2.75) is 39.5 Å². The lowest BCUT2D eigenvalue weighted by molar-refractivity contribution is 0.702. The minimum atomic E-state index is 0.646. The predicted octanol–water partition coefficient (Wildman–Crippen LogP) is 3.44. The van der Waals surface area contributed by atoms with Gasteiger partial charge in [-0.15, -0.1) is 0 Å². The van der Waals surface area contributed by atoms with Crippen LogP contribution in [0.3, 0.4) is 0 Å². The molecule has 80 valence electrons. The highest BCUT2D eigenvalue weighted by molar-refractivity contribution is 5.62. The van der Waals surface area contributed by atoms with Crippen LogP contribution in [-0.4, -0.2) is 0 Å². The molecule has 0 aromatic heterocycles. The molecular weight excluding hydrogens is 172 g/mol. The molecule has 1 aromatic carbocycles. The number of nitrogens with two attached hydrogens (primary N) is 2. The number of rotatable bonds is 3. The summed E-state index contributed by atoms with van der Waals surface area (Å²) in [4.78, 5) is 0. The fourth-order valence-electron chi connectivity index (χ4n) is 1.01. The maximum atomic E-state index is 5.39.